The molecule has 0 saturated carbocycles. The molecule has 1 heterocycles. The van der Waals surface area contributed by atoms with Gasteiger partial charge in [0.05, 0.1) is 12.0 Å². The molecule has 0 aliphatic carbocycles. The van der Waals surface area contributed by atoms with Gasteiger partial charge in [-0.3, -0.25) is 9.59 Å². The van der Waals surface area contributed by atoms with E-state index in [9.17, 15) is 9.59 Å². The Morgan fingerprint density at radius 3 is 2.80 bits per heavy atom. The highest BCUT2D eigenvalue weighted by molar-refractivity contribution is 6.31. The standard InChI is InChI=1S/C9H11ClN2O3/c1-3-9(2,8(14)15)6-5(10)7(13)12-4-11-6/h4H,3H2,1-2H3,(H,14,15)(H,11,12,13). The lowest BCUT2D eigenvalue weighted by atomic mass is 9.84. The fourth-order valence-corrected chi connectivity index (χ4v) is 1.50. The van der Waals surface area contributed by atoms with Crippen LogP contribution in [0.15, 0.2) is 11.1 Å². The summed E-state index contributed by atoms with van der Waals surface area (Å²) in [6.45, 7) is 3.19. The van der Waals surface area contributed by atoms with E-state index in [4.69, 9.17) is 16.7 Å². The van der Waals surface area contributed by atoms with Gasteiger partial charge < -0.3 is 10.1 Å². The van der Waals surface area contributed by atoms with Gasteiger partial charge in [-0.2, -0.15) is 0 Å². The molecule has 1 atom stereocenters. The number of H-pyrrole nitrogens is 1. The predicted octanol–water partition coefficient (Wildman–Crippen LogP) is 1.18. The molecule has 15 heavy (non-hydrogen) atoms. The third-order valence-corrected chi connectivity index (χ3v) is 2.85. The first-order valence-electron chi connectivity index (χ1n) is 4.40. The van der Waals surface area contributed by atoms with Crippen LogP contribution in [0.25, 0.3) is 0 Å². The van der Waals surface area contributed by atoms with Gasteiger partial charge in [0.2, 0.25) is 0 Å². The molecular weight excluding hydrogens is 220 g/mol. The van der Waals surface area contributed by atoms with E-state index >= 15 is 0 Å². The Morgan fingerprint density at radius 1 is 1.73 bits per heavy atom. The number of aromatic nitrogens is 2. The van der Waals surface area contributed by atoms with E-state index in [0.717, 1.165) is 6.33 Å². The summed E-state index contributed by atoms with van der Waals surface area (Å²) in [7, 11) is 0. The fourth-order valence-electron chi connectivity index (χ4n) is 1.19. The van der Waals surface area contributed by atoms with Crippen molar-refractivity contribution in [3.63, 3.8) is 0 Å². The van der Waals surface area contributed by atoms with Crippen molar-refractivity contribution in [2.45, 2.75) is 25.7 Å². The average molecular weight is 231 g/mol. The smallest absolute Gasteiger partial charge is 0.315 e. The second-order valence-electron chi connectivity index (χ2n) is 3.39. The average Bonchev–Trinajstić information content (AvgIpc) is 2.20. The summed E-state index contributed by atoms with van der Waals surface area (Å²) in [5.74, 6) is -1.05. The van der Waals surface area contributed by atoms with E-state index in [2.05, 4.69) is 9.97 Å². The van der Waals surface area contributed by atoms with E-state index < -0.39 is 16.9 Å². The molecule has 1 rings (SSSR count). The SMILES string of the molecule is CCC(C)(C(=O)O)c1nc[nH]c(=O)c1Cl. The normalized spacial score (nSPS) is 14.6. The summed E-state index contributed by atoms with van der Waals surface area (Å²) in [4.78, 5) is 28.4. The largest absolute Gasteiger partial charge is 0.481 e. The van der Waals surface area contributed by atoms with Crippen molar-refractivity contribution in [3.8, 4) is 0 Å². The molecule has 0 aliphatic heterocycles. The quantitative estimate of drug-likeness (QED) is 0.817. The Kier molecular flexibility index (Phi) is 3.14. The van der Waals surface area contributed by atoms with E-state index in [-0.39, 0.29) is 10.7 Å². The maximum atomic E-state index is 11.2. The molecule has 1 aromatic rings. The zero-order valence-electron chi connectivity index (χ0n) is 8.37. The lowest BCUT2D eigenvalue weighted by Crippen LogP contribution is -2.34. The molecular formula is C9H11ClN2O3. The molecule has 0 amide bonds. The van der Waals surface area contributed by atoms with E-state index in [0.29, 0.717) is 6.42 Å². The third kappa shape index (κ3) is 1.87. The molecule has 0 saturated heterocycles. The van der Waals surface area contributed by atoms with Gasteiger partial charge in [-0.15, -0.1) is 0 Å². The minimum atomic E-state index is -1.23. The summed E-state index contributed by atoms with van der Waals surface area (Å²) in [6.07, 6.45) is 1.46. The fraction of sp³-hybridized carbons (Fsp3) is 0.444. The Bertz CT molecular complexity index is 443. The van der Waals surface area contributed by atoms with Crippen molar-refractivity contribution >= 4 is 17.6 Å². The maximum absolute atomic E-state index is 11.2. The molecule has 0 fully saturated rings. The number of carbonyl (C=O) groups is 1. The molecule has 5 nitrogen and oxygen atoms in total. The first-order chi connectivity index (χ1) is 6.93. The number of nitrogens with one attached hydrogen (secondary N) is 1. The molecule has 0 aliphatic rings. The van der Waals surface area contributed by atoms with Crippen molar-refractivity contribution in [1.82, 2.24) is 9.97 Å². The molecule has 0 spiro atoms. The lowest BCUT2D eigenvalue weighted by Gasteiger charge is -2.22. The highest BCUT2D eigenvalue weighted by Crippen LogP contribution is 2.29. The number of carboxylic acid groups (broad SMARTS) is 1. The summed E-state index contributed by atoms with van der Waals surface area (Å²) < 4.78 is 0. The number of hydrogen-bond donors (Lipinski definition) is 2. The molecule has 1 unspecified atom stereocenters. The molecule has 6 heteroatoms. The van der Waals surface area contributed by atoms with Gasteiger partial charge in [-0.05, 0) is 13.3 Å². The number of rotatable bonds is 3. The molecule has 0 aromatic carbocycles. The number of nitrogens with zero attached hydrogens (tertiary/aromatic N) is 1. The van der Waals surface area contributed by atoms with Crippen molar-refractivity contribution in [1.29, 1.82) is 0 Å². The van der Waals surface area contributed by atoms with Crippen molar-refractivity contribution in [2.75, 3.05) is 0 Å². The first-order valence-corrected chi connectivity index (χ1v) is 4.78. The number of halogens is 1. The Morgan fingerprint density at radius 2 is 2.33 bits per heavy atom. The second kappa shape index (κ2) is 4.02. The van der Waals surface area contributed by atoms with Crippen molar-refractivity contribution in [3.05, 3.63) is 27.4 Å². The number of aromatic amines is 1. The zero-order chi connectivity index (χ0) is 11.6. The lowest BCUT2D eigenvalue weighted by molar-refractivity contribution is -0.143. The van der Waals surface area contributed by atoms with Crippen LogP contribution >= 0.6 is 11.6 Å². The van der Waals surface area contributed by atoms with Crippen LogP contribution in [0.3, 0.4) is 0 Å². The van der Waals surface area contributed by atoms with E-state index in [1.165, 1.54) is 6.92 Å². The van der Waals surface area contributed by atoms with Crippen LogP contribution in [0.4, 0.5) is 0 Å². The molecule has 0 bridgehead atoms. The van der Waals surface area contributed by atoms with Gasteiger partial charge >= 0.3 is 5.97 Å². The van der Waals surface area contributed by atoms with Crippen LogP contribution in [-0.2, 0) is 10.2 Å². The summed E-state index contributed by atoms with van der Waals surface area (Å²) in [5.41, 5.74) is -1.66. The zero-order valence-corrected chi connectivity index (χ0v) is 9.13. The predicted molar refractivity (Wildman–Crippen MR) is 55.1 cm³/mol. The molecule has 1 aromatic heterocycles. The van der Waals surface area contributed by atoms with Crippen LogP contribution in [0.1, 0.15) is 26.0 Å². The highest BCUT2D eigenvalue weighted by Gasteiger charge is 2.37. The van der Waals surface area contributed by atoms with E-state index in [1.807, 2.05) is 0 Å². The van der Waals surface area contributed by atoms with Gasteiger partial charge in [0.25, 0.3) is 5.56 Å². The Balaban J connectivity index is 3.43. The van der Waals surface area contributed by atoms with Crippen LogP contribution in [-0.4, -0.2) is 21.0 Å². The molecule has 82 valence electrons. The third-order valence-electron chi connectivity index (χ3n) is 2.50. The van der Waals surface area contributed by atoms with Gasteiger partial charge in [0.1, 0.15) is 10.4 Å². The minimum Gasteiger partial charge on any atom is -0.481 e. The summed E-state index contributed by atoms with van der Waals surface area (Å²) in [6, 6.07) is 0. The van der Waals surface area contributed by atoms with Gasteiger partial charge in [-0.25, -0.2) is 4.98 Å². The minimum absolute atomic E-state index is 0.0999. The van der Waals surface area contributed by atoms with Crippen LogP contribution in [0.5, 0.6) is 0 Å². The Hall–Kier alpha value is -1.36. The second-order valence-corrected chi connectivity index (χ2v) is 3.76. The van der Waals surface area contributed by atoms with Gasteiger partial charge in [-0.1, -0.05) is 18.5 Å². The van der Waals surface area contributed by atoms with E-state index in [1.54, 1.807) is 6.92 Å². The van der Waals surface area contributed by atoms with Crippen LogP contribution in [0.2, 0.25) is 5.02 Å². The monoisotopic (exact) mass is 230 g/mol. The van der Waals surface area contributed by atoms with Crippen molar-refractivity contribution < 1.29 is 9.90 Å². The maximum Gasteiger partial charge on any atom is 0.315 e. The van der Waals surface area contributed by atoms with Crippen molar-refractivity contribution in [2.24, 2.45) is 0 Å². The van der Waals surface area contributed by atoms with Gasteiger partial charge in [0, 0.05) is 0 Å². The summed E-state index contributed by atoms with van der Waals surface area (Å²) in [5, 5.41) is 8.93. The number of aliphatic carboxylic acids is 1. The molecule has 2 N–H and O–H groups in total. The van der Waals surface area contributed by atoms with Gasteiger partial charge in [0.15, 0.2) is 0 Å². The topological polar surface area (TPSA) is 83.0 Å². The van der Waals surface area contributed by atoms with Crippen LogP contribution < -0.4 is 5.56 Å². The van der Waals surface area contributed by atoms with Crippen LogP contribution in [0, 0.1) is 0 Å². The Labute approximate surface area is 91.1 Å². The highest BCUT2D eigenvalue weighted by atomic mass is 35.5. The molecule has 0 radical (unpaired) electrons. The summed E-state index contributed by atoms with van der Waals surface area (Å²) >= 11 is 5.73. The first kappa shape index (κ1) is 11.7. The number of hydrogen-bond acceptors (Lipinski definition) is 3. The number of carboxylic acids is 1.